The van der Waals surface area contributed by atoms with Gasteiger partial charge in [-0.05, 0) is 25.0 Å². The monoisotopic (exact) mass is 332 g/mol. The summed E-state index contributed by atoms with van der Waals surface area (Å²) in [7, 11) is 0. The number of hydrogen-bond acceptors (Lipinski definition) is 4. The minimum Gasteiger partial charge on any atom is -0.454 e. The summed E-state index contributed by atoms with van der Waals surface area (Å²) in [5.41, 5.74) is 0.761. The molecule has 0 aliphatic carbocycles. The number of ether oxygens (including phenoxy) is 2. The molecule has 1 aromatic rings. The Bertz CT molecular complexity index is 625. The van der Waals surface area contributed by atoms with Crippen LogP contribution in [-0.2, 0) is 9.59 Å². The average molecular weight is 332 g/mol. The van der Waals surface area contributed by atoms with E-state index in [1.54, 1.807) is 11.0 Å². The van der Waals surface area contributed by atoms with Crippen LogP contribution < -0.4 is 14.4 Å². The van der Waals surface area contributed by atoms with Crippen molar-refractivity contribution in [1.29, 1.82) is 0 Å². The first-order valence-corrected chi connectivity index (χ1v) is 8.62. The maximum atomic E-state index is 12.7. The fourth-order valence-electron chi connectivity index (χ4n) is 3.31. The number of hydrogen-bond donors (Lipinski definition) is 0. The maximum Gasteiger partial charge on any atom is 0.231 e. The molecule has 0 aromatic heterocycles. The topological polar surface area (TPSA) is 59.1 Å². The van der Waals surface area contributed by atoms with Gasteiger partial charge in [0, 0.05) is 37.8 Å². The predicted molar refractivity (Wildman–Crippen MR) is 90.2 cm³/mol. The highest BCUT2D eigenvalue weighted by atomic mass is 16.7. The molecule has 1 saturated heterocycles. The zero-order chi connectivity index (χ0) is 17.1. The quantitative estimate of drug-likeness (QED) is 0.803. The first-order valence-electron chi connectivity index (χ1n) is 8.62. The number of carbonyl (C=O) groups excluding carboxylic acids is 2. The highest BCUT2D eigenvalue weighted by Gasteiger charge is 2.37. The van der Waals surface area contributed by atoms with Crippen LogP contribution in [0.3, 0.4) is 0 Å². The first kappa shape index (κ1) is 16.6. The molecule has 0 N–H and O–H groups in total. The molecule has 130 valence electrons. The fraction of sp³-hybridized carbons (Fsp3) is 0.556. The van der Waals surface area contributed by atoms with E-state index in [2.05, 4.69) is 13.8 Å². The largest absolute Gasteiger partial charge is 0.454 e. The molecule has 24 heavy (non-hydrogen) atoms. The second-order valence-corrected chi connectivity index (χ2v) is 6.27. The van der Waals surface area contributed by atoms with Crippen molar-refractivity contribution in [3.63, 3.8) is 0 Å². The summed E-state index contributed by atoms with van der Waals surface area (Å²) in [4.78, 5) is 28.7. The van der Waals surface area contributed by atoms with E-state index in [4.69, 9.17) is 9.47 Å². The molecule has 0 spiro atoms. The summed E-state index contributed by atoms with van der Waals surface area (Å²) in [6.07, 6.45) is 2.13. The highest BCUT2D eigenvalue weighted by Crippen LogP contribution is 2.37. The van der Waals surface area contributed by atoms with Crippen molar-refractivity contribution in [3.05, 3.63) is 18.2 Å². The summed E-state index contributed by atoms with van der Waals surface area (Å²) in [5, 5.41) is 0. The number of carbonyl (C=O) groups is 2. The summed E-state index contributed by atoms with van der Waals surface area (Å²) in [5.74, 6) is 1.15. The normalized spacial score (nSPS) is 19.0. The Balaban J connectivity index is 1.72. The van der Waals surface area contributed by atoms with E-state index in [0.717, 1.165) is 31.6 Å². The lowest BCUT2D eigenvalue weighted by Crippen LogP contribution is -2.38. The molecule has 1 unspecified atom stereocenters. The molecule has 6 nitrogen and oxygen atoms in total. The van der Waals surface area contributed by atoms with Crippen molar-refractivity contribution in [1.82, 2.24) is 4.90 Å². The van der Waals surface area contributed by atoms with E-state index in [-0.39, 0.29) is 30.9 Å². The summed E-state index contributed by atoms with van der Waals surface area (Å²) in [6.45, 7) is 6.27. The second-order valence-electron chi connectivity index (χ2n) is 6.27. The Morgan fingerprint density at radius 3 is 2.62 bits per heavy atom. The third-order valence-electron chi connectivity index (χ3n) is 4.44. The Hall–Kier alpha value is -2.24. The van der Waals surface area contributed by atoms with Crippen molar-refractivity contribution in [3.8, 4) is 11.5 Å². The SMILES string of the molecule is CCCN(CCC)C(=O)C1CC(=O)N(c2ccc3c(c2)OCO3)C1. The van der Waals surface area contributed by atoms with Crippen LogP contribution in [0.1, 0.15) is 33.1 Å². The van der Waals surface area contributed by atoms with Gasteiger partial charge in [0.25, 0.3) is 0 Å². The van der Waals surface area contributed by atoms with Crippen LogP contribution in [0.25, 0.3) is 0 Å². The molecule has 1 fully saturated rings. The van der Waals surface area contributed by atoms with Gasteiger partial charge >= 0.3 is 0 Å². The molecule has 1 aromatic carbocycles. The summed E-state index contributed by atoms with van der Waals surface area (Å²) < 4.78 is 10.7. The molecule has 0 radical (unpaired) electrons. The van der Waals surface area contributed by atoms with Crippen LogP contribution in [-0.4, -0.2) is 43.1 Å². The lowest BCUT2D eigenvalue weighted by Gasteiger charge is -2.24. The zero-order valence-electron chi connectivity index (χ0n) is 14.3. The lowest BCUT2D eigenvalue weighted by atomic mass is 10.1. The highest BCUT2D eigenvalue weighted by molar-refractivity contribution is 6.00. The first-order chi connectivity index (χ1) is 11.6. The minimum absolute atomic E-state index is 0.0137. The number of fused-ring (bicyclic) bond motifs is 1. The average Bonchev–Trinajstić information content (AvgIpc) is 3.19. The van der Waals surface area contributed by atoms with Crippen LogP contribution in [0, 0.1) is 5.92 Å². The smallest absolute Gasteiger partial charge is 0.231 e. The van der Waals surface area contributed by atoms with Gasteiger partial charge in [-0.1, -0.05) is 13.8 Å². The Labute approximate surface area is 142 Å². The molecule has 1 atom stereocenters. The van der Waals surface area contributed by atoms with Crippen molar-refractivity contribution in [2.24, 2.45) is 5.92 Å². The molecule has 3 rings (SSSR count). The van der Waals surface area contributed by atoms with Gasteiger partial charge in [-0.15, -0.1) is 0 Å². The van der Waals surface area contributed by atoms with Crippen LogP contribution >= 0.6 is 0 Å². The third-order valence-corrected chi connectivity index (χ3v) is 4.44. The number of rotatable bonds is 6. The lowest BCUT2D eigenvalue weighted by molar-refractivity contribution is -0.135. The molecule has 6 heteroatoms. The standard InChI is InChI=1S/C18H24N2O4/c1-3-7-19(8-4-2)18(22)13-9-17(21)20(11-13)14-5-6-15-16(10-14)24-12-23-15/h5-6,10,13H,3-4,7-9,11-12H2,1-2H3. The van der Waals surface area contributed by atoms with Crippen molar-refractivity contribution in [2.75, 3.05) is 31.3 Å². The summed E-state index contributed by atoms with van der Waals surface area (Å²) in [6, 6.07) is 5.46. The van der Waals surface area contributed by atoms with E-state index in [1.807, 2.05) is 17.0 Å². The third kappa shape index (κ3) is 3.18. The van der Waals surface area contributed by atoms with Gasteiger partial charge in [0.1, 0.15) is 0 Å². The van der Waals surface area contributed by atoms with Crippen LogP contribution in [0.2, 0.25) is 0 Å². The number of amides is 2. The fourth-order valence-corrected chi connectivity index (χ4v) is 3.31. The van der Waals surface area contributed by atoms with Crippen LogP contribution in [0.15, 0.2) is 18.2 Å². The molecule has 2 aliphatic heterocycles. The van der Waals surface area contributed by atoms with Gasteiger partial charge in [-0.2, -0.15) is 0 Å². The van der Waals surface area contributed by atoms with Gasteiger partial charge in [0.15, 0.2) is 11.5 Å². The molecule has 2 amide bonds. The van der Waals surface area contributed by atoms with E-state index >= 15 is 0 Å². The van der Waals surface area contributed by atoms with Gasteiger partial charge in [-0.3, -0.25) is 9.59 Å². The molecule has 0 saturated carbocycles. The van der Waals surface area contributed by atoms with Crippen molar-refractivity contribution in [2.45, 2.75) is 33.1 Å². The van der Waals surface area contributed by atoms with Crippen LogP contribution in [0.4, 0.5) is 5.69 Å². The van der Waals surface area contributed by atoms with E-state index in [1.165, 1.54) is 0 Å². The molecule has 0 bridgehead atoms. The number of anilines is 1. The molecule has 2 heterocycles. The Morgan fingerprint density at radius 1 is 1.21 bits per heavy atom. The Kier molecular flexibility index (Phi) is 4.92. The molecule has 2 aliphatic rings. The van der Waals surface area contributed by atoms with Gasteiger partial charge in [0.05, 0.1) is 5.92 Å². The Morgan fingerprint density at radius 2 is 1.92 bits per heavy atom. The maximum absolute atomic E-state index is 12.7. The zero-order valence-corrected chi connectivity index (χ0v) is 14.3. The second kappa shape index (κ2) is 7.11. The van der Waals surface area contributed by atoms with Gasteiger partial charge in [0.2, 0.25) is 18.6 Å². The number of nitrogens with zero attached hydrogens (tertiary/aromatic N) is 2. The van der Waals surface area contributed by atoms with Gasteiger partial charge in [-0.25, -0.2) is 0 Å². The molecular formula is C18H24N2O4. The molecular weight excluding hydrogens is 308 g/mol. The van der Waals surface area contributed by atoms with E-state index in [0.29, 0.717) is 18.0 Å². The summed E-state index contributed by atoms with van der Waals surface area (Å²) >= 11 is 0. The van der Waals surface area contributed by atoms with E-state index in [9.17, 15) is 9.59 Å². The minimum atomic E-state index is -0.263. The van der Waals surface area contributed by atoms with Crippen molar-refractivity contribution < 1.29 is 19.1 Å². The predicted octanol–water partition coefficient (Wildman–Crippen LogP) is 2.42. The van der Waals surface area contributed by atoms with Crippen molar-refractivity contribution >= 4 is 17.5 Å². The van der Waals surface area contributed by atoms with Crippen LogP contribution in [0.5, 0.6) is 11.5 Å². The van der Waals surface area contributed by atoms with E-state index < -0.39 is 0 Å². The van der Waals surface area contributed by atoms with Gasteiger partial charge < -0.3 is 19.3 Å². The number of benzene rings is 1.